The van der Waals surface area contributed by atoms with Crippen LogP contribution in [0.15, 0.2) is 6.20 Å². The standard InChI is InChI=1S/C22H33FN8O/c1-8-15-24-11-14(23)18(26-15)27-17-13-12-31(20(2,3)16(13)28-29-17)19(32)30-10-9-25-21(4,5)22(30,6)7/h11,25H,8-10,12H2,1-7H3,(H2,24,26,27,28,29). The number of rotatable bonds is 3. The number of nitrogens with one attached hydrogen (secondary N) is 3. The molecule has 2 aromatic rings. The lowest BCUT2D eigenvalue weighted by Crippen LogP contribution is -2.72. The lowest BCUT2D eigenvalue weighted by Gasteiger charge is -2.55. The van der Waals surface area contributed by atoms with E-state index in [4.69, 9.17) is 0 Å². The second kappa shape index (κ2) is 7.40. The minimum atomic E-state index is -0.594. The van der Waals surface area contributed by atoms with Crippen molar-refractivity contribution < 1.29 is 9.18 Å². The van der Waals surface area contributed by atoms with Crippen molar-refractivity contribution in [1.29, 1.82) is 0 Å². The second-order valence-electron chi connectivity index (χ2n) is 10.1. The summed E-state index contributed by atoms with van der Waals surface area (Å²) in [5, 5.41) is 14.0. The van der Waals surface area contributed by atoms with Crippen molar-refractivity contribution in [2.45, 2.75) is 78.0 Å². The van der Waals surface area contributed by atoms with Crippen LogP contribution in [0, 0.1) is 5.82 Å². The molecule has 0 unspecified atom stereocenters. The Morgan fingerprint density at radius 2 is 1.91 bits per heavy atom. The topological polar surface area (TPSA) is 102 Å². The molecule has 2 aliphatic rings. The number of aromatic amines is 1. The minimum absolute atomic E-state index is 0.0217. The third-order valence-corrected chi connectivity index (χ3v) is 7.39. The van der Waals surface area contributed by atoms with Gasteiger partial charge in [-0.3, -0.25) is 5.10 Å². The number of aromatic nitrogens is 4. The van der Waals surface area contributed by atoms with E-state index in [-0.39, 0.29) is 22.9 Å². The summed E-state index contributed by atoms with van der Waals surface area (Å²) in [4.78, 5) is 25.8. The maximum Gasteiger partial charge on any atom is 0.321 e. The minimum Gasteiger partial charge on any atom is -0.321 e. The van der Waals surface area contributed by atoms with Gasteiger partial charge in [-0.1, -0.05) is 6.92 Å². The van der Waals surface area contributed by atoms with Gasteiger partial charge in [0.15, 0.2) is 17.5 Å². The number of nitrogens with zero attached hydrogens (tertiary/aromatic N) is 5. The molecule has 0 spiro atoms. The highest BCUT2D eigenvalue weighted by Gasteiger charge is 2.51. The summed E-state index contributed by atoms with van der Waals surface area (Å²) in [5.74, 6) is 0.553. The summed E-state index contributed by atoms with van der Waals surface area (Å²) in [5.41, 5.74) is 0.477. The molecule has 4 heterocycles. The number of H-pyrrole nitrogens is 1. The summed E-state index contributed by atoms with van der Waals surface area (Å²) >= 11 is 0. The zero-order chi connectivity index (χ0) is 23.5. The maximum atomic E-state index is 14.3. The molecule has 0 aromatic carbocycles. The Hall–Kier alpha value is -2.75. The zero-order valence-electron chi connectivity index (χ0n) is 19.9. The van der Waals surface area contributed by atoms with Gasteiger partial charge in [0, 0.05) is 30.6 Å². The van der Waals surface area contributed by atoms with E-state index in [2.05, 4.69) is 58.5 Å². The van der Waals surface area contributed by atoms with Crippen molar-refractivity contribution >= 4 is 17.7 Å². The van der Waals surface area contributed by atoms with Gasteiger partial charge in [0.1, 0.15) is 5.82 Å². The number of hydrogen-bond acceptors (Lipinski definition) is 6. The van der Waals surface area contributed by atoms with E-state index in [1.165, 1.54) is 0 Å². The smallest absolute Gasteiger partial charge is 0.321 e. The van der Waals surface area contributed by atoms with Gasteiger partial charge in [-0.2, -0.15) is 5.10 Å². The number of halogens is 1. The highest BCUT2D eigenvalue weighted by Crippen LogP contribution is 2.43. The number of fused-ring (bicyclic) bond motifs is 1. The number of carbonyl (C=O) groups excluding carboxylic acids is 1. The Morgan fingerprint density at radius 1 is 1.19 bits per heavy atom. The van der Waals surface area contributed by atoms with Crippen molar-refractivity contribution in [3.63, 3.8) is 0 Å². The monoisotopic (exact) mass is 444 g/mol. The summed E-state index contributed by atoms with van der Waals surface area (Å²) < 4.78 is 14.3. The summed E-state index contributed by atoms with van der Waals surface area (Å²) in [6.45, 7) is 16.1. The number of anilines is 2. The molecule has 0 radical (unpaired) electrons. The van der Waals surface area contributed by atoms with Gasteiger partial charge in [0.05, 0.1) is 29.5 Å². The Morgan fingerprint density at radius 3 is 2.59 bits per heavy atom. The molecule has 0 atom stereocenters. The Bertz CT molecular complexity index is 1040. The first-order chi connectivity index (χ1) is 14.9. The van der Waals surface area contributed by atoms with E-state index in [1.54, 1.807) is 0 Å². The number of carbonyl (C=O) groups is 1. The summed E-state index contributed by atoms with van der Waals surface area (Å²) in [7, 11) is 0. The highest BCUT2D eigenvalue weighted by atomic mass is 19.1. The van der Waals surface area contributed by atoms with Gasteiger partial charge >= 0.3 is 6.03 Å². The largest absolute Gasteiger partial charge is 0.321 e. The first-order valence-electron chi connectivity index (χ1n) is 11.1. The van der Waals surface area contributed by atoms with Gasteiger partial charge in [-0.15, -0.1) is 0 Å². The highest BCUT2D eigenvalue weighted by molar-refractivity contribution is 5.79. The van der Waals surface area contributed by atoms with Gasteiger partial charge in [-0.25, -0.2) is 19.2 Å². The van der Waals surface area contributed by atoms with E-state index in [0.717, 1.165) is 24.0 Å². The number of hydrogen-bond donors (Lipinski definition) is 3. The van der Waals surface area contributed by atoms with Crippen LogP contribution in [-0.2, 0) is 18.5 Å². The molecular formula is C22H33FN8O. The van der Waals surface area contributed by atoms with E-state index in [9.17, 15) is 9.18 Å². The first-order valence-corrected chi connectivity index (χ1v) is 11.1. The number of piperazine rings is 1. The van der Waals surface area contributed by atoms with E-state index in [0.29, 0.717) is 31.2 Å². The summed E-state index contributed by atoms with van der Waals surface area (Å²) in [6, 6.07) is -0.0217. The maximum absolute atomic E-state index is 14.3. The summed E-state index contributed by atoms with van der Waals surface area (Å²) in [6.07, 6.45) is 1.76. The third-order valence-electron chi connectivity index (χ3n) is 7.39. The molecule has 3 N–H and O–H groups in total. The lowest BCUT2D eigenvalue weighted by molar-refractivity contribution is 0.00829. The predicted octanol–water partition coefficient (Wildman–Crippen LogP) is 3.28. The molecule has 9 nitrogen and oxygen atoms in total. The van der Waals surface area contributed by atoms with E-state index >= 15 is 0 Å². The van der Waals surface area contributed by atoms with Crippen LogP contribution in [0.5, 0.6) is 0 Å². The number of urea groups is 1. The molecule has 0 aliphatic carbocycles. The van der Waals surface area contributed by atoms with Crippen LogP contribution in [0.1, 0.15) is 65.5 Å². The quantitative estimate of drug-likeness (QED) is 0.672. The lowest BCUT2D eigenvalue weighted by atomic mass is 9.79. The first kappa shape index (κ1) is 22.4. The SMILES string of the molecule is CCc1ncc(F)c(Nc2n[nH]c3c2CN(C(=O)N2CCNC(C)(C)C2(C)C)C3(C)C)n1. The molecule has 4 rings (SSSR count). The molecule has 32 heavy (non-hydrogen) atoms. The van der Waals surface area contributed by atoms with Gasteiger partial charge < -0.3 is 20.4 Å². The Labute approximate surface area is 188 Å². The van der Waals surface area contributed by atoms with Crippen LogP contribution in [0.25, 0.3) is 0 Å². The fourth-order valence-corrected chi connectivity index (χ4v) is 4.49. The van der Waals surface area contributed by atoms with Gasteiger partial charge in [0.25, 0.3) is 0 Å². The molecule has 1 fully saturated rings. The van der Waals surface area contributed by atoms with E-state index < -0.39 is 11.4 Å². The van der Waals surface area contributed by atoms with Crippen molar-refractivity contribution in [2.75, 3.05) is 18.4 Å². The predicted molar refractivity (Wildman–Crippen MR) is 120 cm³/mol. The molecule has 174 valence electrons. The average molecular weight is 445 g/mol. The number of amides is 2. The fraction of sp³-hybridized carbons (Fsp3) is 0.636. The van der Waals surface area contributed by atoms with Crippen LogP contribution in [-0.4, -0.2) is 60.2 Å². The average Bonchev–Trinajstić information content (AvgIpc) is 3.23. The van der Waals surface area contributed by atoms with E-state index in [1.807, 2.05) is 30.6 Å². The number of aryl methyl sites for hydroxylation is 1. The molecule has 2 aliphatic heterocycles. The van der Waals surface area contributed by atoms with Crippen molar-refractivity contribution in [2.24, 2.45) is 0 Å². The molecular weight excluding hydrogens is 411 g/mol. The second-order valence-corrected chi connectivity index (χ2v) is 10.1. The molecule has 0 bridgehead atoms. The molecule has 2 amide bonds. The fourth-order valence-electron chi connectivity index (χ4n) is 4.49. The van der Waals surface area contributed by atoms with Crippen LogP contribution < -0.4 is 10.6 Å². The van der Waals surface area contributed by atoms with Crippen LogP contribution in [0.2, 0.25) is 0 Å². The molecule has 1 saturated heterocycles. The van der Waals surface area contributed by atoms with Crippen LogP contribution in [0.4, 0.5) is 20.8 Å². The Kier molecular flexibility index (Phi) is 5.19. The van der Waals surface area contributed by atoms with Crippen LogP contribution >= 0.6 is 0 Å². The van der Waals surface area contributed by atoms with Crippen LogP contribution in [0.3, 0.4) is 0 Å². The molecule has 2 aromatic heterocycles. The van der Waals surface area contributed by atoms with Gasteiger partial charge in [0.2, 0.25) is 0 Å². The third kappa shape index (κ3) is 3.32. The molecule has 10 heteroatoms. The van der Waals surface area contributed by atoms with Crippen molar-refractivity contribution in [3.8, 4) is 0 Å². The van der Waals surface area contributed by atoms with Crippen molar-refractivity contribution in [1.82, 2.24) is 35.3 Å². The zero-order valence-corrected chi connectivity index (χ0v) is 19.9. The Balaban J connectivity index is 1.63. The van der Waals surface area contributed by atoms with Gasteiger partial charge in [-0.05, 0) is 41.5 Å². The normalized spacial score (nSPS) is 20.9. The van der Waals surface area contributed by atoms with Crippen molar-refractivity contribution in [3.05, 3.63) is 29.1 Å². The molecule has 0 saturated carbocycles.